The van der Waals surface area contributed by atoms with E-state index >= 15 is 0 Å². The maximum Gasteiger partial charge on any atom is 0.0410 e. The van der Waals surface area contributed by atoms with Crippen LogP contribution in [0.2, 0.25) is 0 Å². The molecule has 0 aromatic carbocycles. The van der Waals surface area contributed by atoms with Gasteiger partial charge in [0.05, 0.1) is 0 Å². The van der Waals surface area contributed by atoms with Crippen LogP contribution >= 0.6 is 0 Å². The zero-order chi connectivity index (χ0) is 13.3. The summed E-state index contributed by atoms with van der Waals surface area (Å²) in [5.74, 6) is 0.0207. The van der Waals surface area contributed by atoms with Crippen molar-refractivity contribution in [2.75, 3.05) is 13.1 Å². The molecule has 0 saturated heterocycles. The Morgan fingerprint density at radius 1 is 0.824 bits per heavy atom. The van der Waals surface area contributed by atoms with Crippen molar-refractivity contribution in [1.29, 1.82) is 0 Å². The van der Waals surface area contributed by atoms with Gasteiger partial charge in [-0.3, -0.25) is 9.98 Å². The first-order chi connectivity index (χ1) is 7.91. The molecule has 0 saturated carbocycles. The molecule has 96 valence electrons. The summed E-state index contributed by atoms with van der Waals surface area (Å²) in [6.07, 6.45) is 3.84. The largest absolute Gasteiger partial charge is 0.876 e. The average Bonchev–Trinajstić information content (AvgIpc) is 2.14. The summed E-state index contributed by atoms with van der Waals surface area (Å²) in [6.45, 7) is 7.91. The minimum atomic E-state index is 0.0103. The van der Waals surface area contributed by atoms with E-state index in [9.17, 15) is 10.2 Å². The predicted octanol–water partition coefficient (Wildman–Crippen LogP) is 0.827. The van der Waals surface area contributed by atoms with Gasteiger partial charge >= 0.3 is 0 Å². The fraction of sp³-hybridized carbons (Fsp3) is 0.538. The molecule has 0 radical (unpaired) electrons. The standard InChI is InChI=1S/C13H22N2O2/c1-10(8-12(3)16)14-6-5-7-15-11(2)9-13(4)17/h8-9,16-17H,5-7H2,1-4H3/p-2/b12-8-,13-9-,14-10?,15-11?. The molecule has 0 unspecified atom stereocenters. The second-order valence-electron chi connectivity index (χ2n) is 3.91. The second kappa shape index (κ2) is 8.56. The average molecular weight is 236 g/mol. The van der Waals surface area contributed by atoms with E-state index in [-0.39, 0.29) is 11.5 Å². The van der Waals surface area contributed by atoms with Crippen molar-refractivity contribution in [3.05, 3.63) is 23.7 Å². The van der Waals surface area contributed by atoms with Crippen LogP contribution in [0.5, 0.6) is 0 Å². The van der Waals surface area contributed by atoms with Gasteiger partial charge in [-0.05, 0) is 20.3 Å². The number of allylic oxidation sites excluding steroid dienone is 4. The van der Waals surface area contributed by atoms with Crippen LogP contribution in [0.15, 0.2) is 33.7 Å². The van der Waals surface area contributed by atoms with Crippen molar-refractivity contribution in [2.24, 2.45) is 9.98 Å². The first-order valence-corrected chi connectivity index (χ1v) is 5.64. The minimum absolute atomic E-state index is 0.0103. The van der Waals surface area contributed by atoms with Crippen LogP contribution in [-0.4, -0.2) is 24.5 Å². The molecule has 17 heavy (non-hydrogen) atoms. The fourth-order valence-corrected chi connectivity index (χ4v) is 1.26. The summed E-state index contributed by atoms with van der Waals surface area (Å²) in [7, 11) is 0. The van der Waals surface area contributed by atoms with Crippen LogP contribution in [0.4, 0.5) is 0 Å². The van der Waals surface area contributed by atoms with Gasteiger partial charge in [0.2, 0.25) is 0 Å². The molecule has 4 heteroatoms. The molecule has 0 aromatic rings. The third kappa shape index (κ3) is 10.7. The number of hydrogen-bond acceptors (Lipinski definition) is 4. The fourth-order valence-electron chi connectivity index (χ4n) is 1.26. The third-order valence-corrected chi connectivity index (χ3v) is 1.86. The molecule has 0 bridgehead atoms. The molecule has 0 amide bonds. The van der Waals surface area contributed by atoms with E-state index in [0.717, 1.165) is 17.8 Å². The number of aliphatic imine (C=N–C) groups is 2. The van der Waals surface area contributed by atoms with Crippen molar-refractivity contribution in [1.82, 2.24) is 0 Å². The molecule has 0 aliphatic rings. The number of rotatable bonds is 6. The number of nitrogens with zero attached hydrogens (tertiary/aromatic N) is 2. The molecule has 0 aliphatic carbocycles. The maximum atomic E-state index is 10.7. The second-order valence-corrected chi connectivity index (χ2v) is 3.91. The highest BCUT2D eigenvalue weighted by atomic mass is 16.3. The van der Waals surface area contributed by atoms with E-state index in [0.29, 0.717) is 13.1 Å². The van der Waals surface area contributed by atoms with Crippen molar-refractivity contribution in [3.63, 3.8) is 0 Å². The SMILES string of the molecule is CC(/C=C(/C)[O-])=NCCCN=C(C)/C=C(/C)[O-]. The zero-order valence-electron chi connectivity index (χ0n) is 11.0. The third-order valence-electron chi connectivity index (χ3n) is 1.86. The van der Waals surface area contributed by atoms with Crippen molar-refractivity contribution in [3.8, 4) is 0 Å². The van der Waals surface area contributed by atoms with Gasteiger partial charge in [0.25, 0.3) is 0 Å². The van der Waals surface area contributed by atoms with E-state index in [1.807, 2.05) is 0 Å². The van der Waals surface area contributed by atoms with Gasteiger partial charge in [0.1, 0.15) is 0 Å². The van der Waals surface area contributed by atoms with Crippen LogP contribution in [0.25, 0.3) is 0 Å². The molecule has 0 fully saturated rings. The highest BCUT2D eigenvalue weighted by Crippen LogP contribution is 1.91. The quantitative estimate of drug-likeness (QED) is 0.389. The van der Waals surface area contributed by atoms with Gasteiger partial charge in [0.15, 0.2) is 0 Å². The number of hydrogen-bond donors (Lipinski definition) is 0. The van der Waals surface area contributed by atoms with E-state index < -0.39 is 0 Å². The molecule has 0 atom stereocenters. The van der Waals surface area contributed by atoms with Crippen LogP contribution in [0.3, 0.4) is 0 Å². The molecule has 0 rings (SSSR count). The van der Waals surface area contributed by atoms with Crippen LogP contribution in [0.1, 0.15) is 34.1 Å². The van der Waals surface area contributed by atoms with E-state index in [1.54, 1.807) is 13.8 Å². The van der Waals surface area contributed by atoms with E-state index in [4.69, 9.17) is 0 Å². The Morgan fingerprint density at radius 2 is 1.18 bits per heavy atom. The lowest BCUT2D eigenvalue weighted by atomic mass is 10.3. The Balaban J connectivity index is 3.94. The lowest BCUT2D eigenvalue weighted by Gasteiger charge is -2.03. The summed E-state index contributed by atoms with van der Waals surface area (Å²) >= 11 is 0. The Bertz CT molecular complexity index is 310. The molecular formula is C13H20N2O2-2. The van der Waals surface area contributed by atoms with Gasteiger partial charge in [0, 0.05) is 24.5 Å². The van der Waals surface area contributed by atoms with Crippen molar-refractivity contribution in [2.45, 2.75) is 34.1 Å². The van der Waals surface area contributed by atoms with Crippen molar-refractivity contribution < 1.29 is 10.2 Å². The molecule has 0 aliphatic heterocycles. The Kier molecular flexibility index (Phi) is 7.76. The Morgan fingerprint density at radius 3 is 1.47 bits per heavy atom. The van der Waals surface area contributed by atoms with E-state index in [1.165, 1.54) is 26.0 Å². The first-order valence-electron chi connectivity index (χ1n) is 5.64. The highest BCUT2D eigenvalue weighted by molar-refractivity contribution is 5.93. The molecule has 0 N–H and O–H groups in total. The summed E-state index contributed by atoms with van der Waals surface area (Å²) in [6, 6.07) is 0. The molecule has 0 heterocycles. The normalized spacial score (nSPS) is 15.3. The van der Waals surface area contributed by atoms with Gasteiger partial charge in [-0.15, -0.1) is 11.5 Å². The van der Waals surface area contributed by atoms with Gasteiger partial charge in [-0.1, -0.05) is 26.0 Å². The van der Waals surface area contributed by atoms with Crippen molar-refractivity contribution >= 4 is 11.4 Å². The summed E-state index contributed by atoms with van der Waals surface area (Å²) in [4.78, 5) is 8.43. The van der Waals surface area contributed by atoms with Crippen LogP contribution < -0.4 is 10.2 Å². The summed E-state index contributed by atoms with van der Waals surface area (Å²) in [5.41, 5.74) is 1.49. The van der Waals surface area contributed by atoms with Gasteiger partial charge < -0.3 is 10.2 Å². The summed E-state index contributed by atoms with van der Waals surface area (Å²) in [5, 5.41) is 21.5. The highest BCUT2D eigenvalue weighted by Gasteiger charge is 1.87. The van der Waals surface area contributed by atoms with Gasteiger partial charge in [-0.25, -0.2) is 0 Å². The Labute approximate surface area is 103 Å². The smallest absolute Gasteiger partial charge is 0.0410 e. The first kappa shape index (κ1) is 15.4. The zero-order valence-corrected chi connectivity index (χ0v) is 11.0. The molecule has 0 aromatic heterocycles. The Hall–Kier alpha value is -1.58. The molecule has 0 spiro atoms. The topological polar surface area (TPSA) is 70.8 Å². The van der Waals surface area contributed by atoms with Gasteiger partial charge in [-0.2, -0.15) is 0 Å². The maximum absolute atomic E-state index is 10.7. The lowest BCUT2D eigenvalue weighted by Crippen LogP contribution is -2.02. The van der Waals surface area contributed by atoms with E-state index in [2.05, 4.69) is 9.98 Å². The predicted molar refractivity (Wildman–Crippen MR) is 68.1 cm³/mol. The molecular weight excluding hydrogens is 216 g/mol. The summed E-state index contributed by atoms with van der Waals surface area (Å²) < 4.78 is 0. The minimum Gasteiger partial charge on any atom is -0.876 e. The van der Waals surface area contributed by atoms with Crippen LogP contribution in [-0.2, 0) is 0 Å². The molecule has 4 nitrogen and oxygen atoms in total. The monoisotopic (exact) mass is 236 g/mol. The van der Waals surface area contributed by atoms with Crippen LogP contribution in [0, 0.1) is 0 Å². The lowest BCUT2D eigenvalue weighted by molar-refractivity contribution is -0.302.